The van der Waals surface area contributed by atoms with E-state index in [1.807, 2.05) is 55.5 Å². The molecule has 0 saturated carbocycles. The lowest BCUT2D eigenvalue weighted by Gasteiger charge is -2.25. The van der Waals surface area contributed by atoms with Crippen molar-refractivity contribution < 1.29 is 14.3 Å². The summed E-state index contributed by atoms with van der Waals surface area (Å²) in [6.45, 7) is 1.91. The monoisotopic (exact) mass is 442 g/mol. The van der Waals surface area contributed by atoms with E-state index in [4.69, 9.17) is 9.47 Å². The molecule has 166 valence electrons. The molecule has 0 aliphatic carbocycles. The molecule has 0 bridgehead atoms. The summed E-state index contributed by atoms with van der Waals surface area (Å²) in [7, 11) is 3.24. The number of aryl methyl sites for hydroxylation is 1. The number of fused-ring (bicyclic) bond motifs is 1. The molecule has 2 aromatic carbocycles. The molecule has 0 unspecified atom stereocenters. The summed E-state index contributed by atoms with van der Waals surface area (Å²) < 4.78 is 12.4. The maximum atomic E-state index is 12.7. The van der Waals surface area contributed by atoms with Crippen molar-refractivity contribution in [2.45, 2.75) is 19.3 Å². The van der Waals surface area contributed by atoms with Gasteiger partial charge in [-0.15, -0.1) is 5.10 Å². The third kappa shape index (κ3) is 3.67. The average molecular weight is 442 g/mol. The molecule has 1 aliphatic rings. The van der Waals surface area contributed by atoms with E-state index in [9.17, 15) is 4.79 Å². The van der Waals surface area contributed by atoms with Crippen LogP contribution in [-0.4, -0.2) is 45.1 Å². The Bertz CT molecular complexity index is 1350. The van der Waals surface area contributed by atoms with Crippen LogP contribution in [0.1, 0.15) is 29.2 Å². The minimum absolute atomic E-state index is 0.114. The third-order valence-corrected chi connectivity index (χ3v) is 5.72. The lowest BCUT2D eigenvalue weighted by molar-refractivity contribution is -0.116. The third-order valence-electron chi connectivity index (χ3n) is 5.72. The number of amides is 1. The number of methoxy groups -OCH3 is 2. The Labute approximate surface area is 190 Å². The lowest BCUT2D eigenvalue weighted by atomic mass is 9.85. The van der Waals surface area contributed by atoms with E-state index < -0.39 is 0 Å². The van der Waals surface area contributed by atoms with Gasteiger partial charge in [0.15, 0.2) is 0 Å². The van der Waals surface area contributed by atoms with Crippen LogP contribution in [0.25, 0.3) is 17.2 Å². The zero-order chi connectivity index (χ0) is 22.9. The van der Waals surface area contributed by atoms with Crippen LogP contribution in [-0.2, 0) is 4.79 Å². The van der Waals surface area contributed by atoms with Gasteiger partial charge in [0.1, 0.15) is 17.3 Å². The molecule has 5 rings (SSSR count). The predicted octanol–water partition coefficient (Wildman–Crippen LogP) is 3.52. The van der Waals surface area contributed by atoms with E-state index in [1.54, 1.807) is 25.1 Å². The van der Waals surface area contributed by atoms with Crippen LogP contribution in [0, 0.1) is 6.92 Å². The standard InChI is InChI=1S/C24H22N6O3/c1-14-22-18(17-9-4-5-10-20(17)33-3)12-21(31)27-23(22)30(29-14)24-26-19(13-25-28-24)15-7-6-8-16(11-15)32-2/h4-11,13,18H,12H2,1-3H3,(H,27,31)/t18-/m0/s1. The zero-order valence-corrected chi connectivity index (χ0v) is 18.4. The fourth-order valence-corrected chi connectivity index (χ4v) is 4.22. The summed E-state index contributed by atoms with van der Waals surface area (Å²) in [6, 6.07) is 15.3. The molecule has 9 nitrogen and oxygen atoms in total. The number of nitrogens with zero attached hydrogens (tertiary/aromatic N) is 5. The Kier molecular flexibility index (Phi) is 5.21. The Morgan fingerprint density at radius 1 is 1.09 bits per heavy atom. The molecule has 2 aromatic heterocycles. The minimum Gasteiger partial charge on any atom is -0.497 e. The first-order chi connectivity index (χ1) is 16.1. The molecular formula is C24H22N6O3. The van der Waals surface area contributed by atoms with Gasteiger partial charge in [0, 0.05) is 29.0 Å². The number of nitrogens with one attached hydrogen (secondary N) is 1. The normalized spacial score (nSPS) is 15.0. The summed E-state index contributed by atoms with van der Waals surface area (Å²) in [4.78, 5) is 17.4. The van der Waals surface area contributed by atoms with Crippen molar-refractivity contribution in [2.24, 2.45) is 0 Å². The van der Waals surface area contributed by atoms with Crippen LogP contribution in [0.5, 0.6) is 11.5 Å². The van der Waals surface area contributed by atoms with Crippen LogP contribution < -0.4 is 14.8 Å². The highest BCUT2D eigenvalue weighted by atomic mass is 16.5. The van der Waals surface area contributed by atoms with Crippen molar-refractivity contribution in [3.63, 3.8) is 0 Å². The number of aromatic nitrogens is 5. The molecular weight excluding hydrogens is 420 g/mol. The van der Waals surface area contributed by atoms with Crippen LogP contribution in [0.4, 0.5) is 5.82 Å². The first-order valence-electron chi connectivity index (χ1n) is 10.5. The van der Waals surface area contributed by atoms with Gasteiger partial charge in [-0.2, -0.15) is 14.9 Å². The summed E-state index contributed by atoms with van der Waals surface area (Å²) >= 11 is 0. The van der Waals surface area contributed by atoms with Crippen LogP contribution in [0.2, 0.25) is 0 Å². The van der Waals surface area contributed by atoms with Crippen molar-refractivity contribution in [2.75, 3.05) is 19.5 Å². The van der Waals surface area contributed by atoms with Crippen LogP contribution >= 0.6 is 0 Å². The fourth-order valence-electron chi connectivity index (χ4n) is 4.22. The van der Waals surface area contributed by atoms with E-state index in [2.05, 4.69) is 25.6 Å². The Hall–Kier alpha value is -4.27. The molecule has 1 aliphatic heterocycles. The zero-order valence-electron chi connectivity index (χ0n) is 18.4. The van der Waals surface area contributed by atoms with Crippen LogP contribution in [0.3, 0.4) is 0 Å². The summed E-state index contributed by atoms with van der Waals surface area (Å²) in [5.74, 6) is 1.94. The average Bonchev–Trinajstić information content (AvgIpc) is 3.19. The number of ether oxygens (including phenoxy) is 2. The number of carbonyl (C=O) groups excluding carboxylic acids is 1. The van der Waals surface area contributed by atoms with Gasteiger partial charge in [-0.3, -0.25) is 4.79 Å². The molecule has 0 radical (unpaired) electrons. The molecule has 3 heterocycles. The van der Waals surface area contributed by atoms with Crippen molar-refractivity contribution in [3.8, 4) is 28.7 Å². The second-order valence-electron chi connectivity index (χ2n) is 7.68. The highest BCUT2D eigenvalue weighted by Crippen LogP contribution is 2.42. The van der Waals surface area contributed by atoms with Crippen LogP contribution in [0.15, 0.2) is 54.7 Å². The van der Waals surface area contributed by atoms with E-state index >= 15 is 0 Å². The van der Waals surface area contributed by atoms with Gasteiger partial charge in [0.25, 0.3) is 5.95 Å². The molecule has 4 aromatic rings. The Morgan fingerprint density at radius 2 is 1.94 bits per heavy atom. The number of benzene rings is 2. The Balaban J connectivity index is 1.62. The molecule has 1 amide bonds. The number of carbonyl (C=O) groups is 1. The summed E-state index contributed by atoms with van der Waals surface area (Å²) in [5.41, 5.74) is 4.07. The van der Waals surface area contributed by atoms with E-state index in [0.29, 0.717) is 23.7 Å². The maximum Gasteiger partial charge on any atom is 0.272 e. The molecule has 0 saturated heterocycles. The largest absolute Gasteiger partial charge is 0.497 e. The van der Waals surface area contributed by atoms with Crippen molar-refractivity contribution in [3.05, 3.63) is 71.5 Å². The fraction of sp³-hybridized carbons (Fsp3) is 0.208. The SMILES string of the molecule is COc1cccc(-c2cnnc(-n3nc(C)c4c3NC(=O)C[C@H]4c3ccccc3OC)n2)c1. The first kappa shape index (κ1) is 20.6. The van der Waals surface area contributed by atoms with E-state index in [1.165, 1.54) is 0 Å². The van der Waals surface area contributed by atoms with Crippen molar-refractivity contribution >= 4 is 11.7 Å². The maximum absolute atomic E-state index is 12.7. The quantitative estimate of drug-likeness (QED) is 0.504. The topological polar surface area (TPSA) is 104 Å². The minimum atomic E-state index is -0.201. The highest BCUT2D eigenvalue weighted by Gasteiger charge is 2.34. The molecule has 1 atom stereocenters. The van der Waals surface area contributed by atoms with Gasteiger partial charge in [-0.25, -0.2) is 4.98 Å². The van der Waals surface area contributed by atoms with Gasteiger partial charge < -0.3 is 14.8 Å². The number of hydrogen-bond donors (Lipinski definition) is 1. The smallest absolute Gasteiger partial charge is 0.272 e. The van der Waals surface area contributed by atoms with Gasteiger partial charge in [0.2, 0.25) is 5.91 Å². The second-order valence-corrected chi connectivity index (χ2v) is 7.68. The van der Waals surface area contributed by atoms with Gasteiger partial charge in [-0.1, -0.05) is 30.3 Å². The molecule has 33 heavy (non-hydrogen) atoms. The molecule has 0 fully saturated rings. The Morgan fingerprint density at radius 3 is 2.76 bits per heavy atom. The molecule has 9 heteroatoms. The van der Waals surface area contributed by atoms with Gasteiger partial charge >= 0.3 is 0 Å². The number of para-hydroxylation sites is 1. The number of rotatable bonds is 5. The lowest BCUT2D eigenvalue weighted by Crippen LogP contribution is -2.25. The molecule has 1 N–H and O–H groups in total. The van der Waals surface area contributed by atoms with Gasteiger partial charge in [0.05, 0.1) is 31.8 Å². The van der Waals surface area contributed by atoms with Crippen molar-refractivity contribution in [1.82, 2.24) is 25.0 Å². The van der Waals surface area contributed by atoms with Crippen molar-refractivity contribution in [1.29, 1.82) is 0 Å². The first-order valence-corrected chi connectivity index (χ1v) is 10.5. The van der Waals surface area contributed by atoms with E-state index in [-0.39, 0.29) is 17.8 Å². The number of hydrogen-bond acceptors (Lipinski definition) is 7. The predicted molar refractivity (Wildman–Crippen MR) is 122 cm³/mol. The summed E-state index contributed by atoms with van der Waals surface area (Å²) in [5, 5.41) is 15.9. The number of anilines is 1. The molecule has 0 spiro atoms. The van der Waals surface area contributed by atoms with Gasteiger partial charge in [-0.05, 0) is 25.1 Å². The second kappa shape index (κ2) is 8.34. The summed E-state index contributed by atoms with van der Waals surface area (Å²) in [6.07, 6.45) is 1.88. The highest BCUT2D eigenvalue weighted by molar-refractivity contribution is 5.95. The van der Waals surface area contributed by atoms with E-state index in [0.717, 1.165) is 28.1 Å².